The first-order chi connectivity index (χ1) is 8.68. The molecule has 3 rings (SSSR count). The first-order valence-corrected chi connectivity index (χ1v) is 7.03. The summed E-state index contributed by atoms with van der Waals surface area (Å²) in [5, 5.41) is 5.32. The number of fused-ring (bicyclic) bond motifs is 3. The van der Waals surface area contributed by atoms with Gasteiger partial charge in [-0.25, -0.2) is 0 Å². The Labute approximate surface area is 121 Å². The van der Waals surface area contributed by atoms with Crippen molar-refractivity contribution in [1.29, 1.82) is 0 Å². The van der Waals surface area contributed by atoms with E-state index in [0.717, 1.165) is 0 Å². The van der Waals surface area contributed by atoms with Crippen LogP contribution in [0, 0.1) is 3.57 Å². The molecule has 3 aromatic carbocycles. The van der Waals surface area contributed by atoms with Gasteiger partial charge >= 0.3 is 0 Å². The van der Waals surface area contributed by atoms with Crippen LogP contribution in [-0.2, 0) is 0 Å². The monoisotopic (exact) mass is 347 g/mol. The van der Waals surface area contributed by atoms with E-state index in [4.69, 9.17) is 0 Å². The van der Waals surface area contributed by atoms with Crippen molar-refractivity contribution in [1.82, 2.24) is 0 Å². The molecule has 0 N–H and O–H groups in total. The second-order valence-electron chi connectivity index (χ2n) is 4.67. The van der Waals surface area contributed by atoms with E-state index in [1.54, 1.807) is 0 Å². The first kappa shape index (κ1) is 11.8. The Hall–Kier alpha value is -1.29. The average molecular weight is 347 g/mol. The molecule has 18 heavy (non-hydrogen) atoms. The lowest BCUT2D eigenvalue weighted by atomic mass is 10.00. The minimum Gasteiger partial charge on any atom is -0.377 e. The second kappa shape index (κ2) is 4.43. The zero-order chi connectivity index (χ0) is 12.7. The molecule has 0 aromatic heterocycles. The fourth-order valence-electron chi connectivity index (χ4n) is 2.45. The van der Waals surface area contributed by atoms with Crippen LogP contribution < -0.4 is 4.90 Å². The van der Waals surface area contributed by atoms with Gasteiger partial charge in [-0.05, 0) is 50.9 Å². The van der Waals surface area contributed by atoms with Crippen LogP contribution >= 0.6 is 22.6 Å². The molecular weight excluding hydrogens is 333 g/mol. The van der Waals surface area contributed by atoms with Gasteiger partial charge in [-0.15, -0.1) is 0 Å². The molecule has 0 amide bonds. The van der Waals surface area contributed by atoms with Gasteiger partial charge in [0.1, 0.15) is 0 Å². The van der Waals surface area contributed by atoms with E-state index in [1.807, 2.05) is 0 Å². The molecule has 0 heterocycles. The highest BCUT2D eigenvalue weighted by Gasteiger charge is 2.10. The van der Waals surface area contributed by atoms with Crippen LogP contribution in [0.2, 0.25) is 0 Å². The molecule has 0 fully saturated rings. The Morgan fingerprint density at radius 1 is 0.889 bits per heavy atom. The topological polar surface area (TPSA) is 3.24 Å². The van der Waals surface area contributed by atoms with Crippen LogP contribution in [0.1, 0.15) is 0 Å². The predicted molar refractivity (Wildman–Crippen MR) is 88.5 cm³/mol. The molecule has 2 heteroatoms. The van der Waals surface area contributed by atoms with Gasteiger partial charge in [0.05, 0.1) is 0 Å². The van der Waals surface area contributed by atoms with Gasteiger partial charge in [0.2, 0.25) is 0 Å². The highest BCUT2D eigenvalue weighted by Crippen LogP contribution is 2.35. The van der Waals surface area contributed by atoms with E-state index < -0.39 is 0 Å². The van der Waals surface area contributed by atoms with Crippen LogP contribution in [0.15, 0.2) is 48.5 Å². The largest absolute Gasteiger partial charge is 0.377 e. The third-order valence-electron chi connectivity index (χ3n) is 3.29. The Kier molecular flexibility index (Phi) is 2.90. The number of rotatable bonds is 1. The summed E-state index contributed by atoms with van der Waals surface area (Å²) in [7, 11) is 4.21. The zero-order valence-electron chi connectivity index (χ0n) is 10.4. The highest BCUT2D eigenvalue weighted by molar-refractivity contribution is 14.1. The van der Waals surface area contributed by atoms with E-state index in [9.17, 15) is 0 Å². The standard InChI is InChI=1S/C16H14IN/c1-18(2)15-10-11-6-3-4-7-12(11)13-8-5-9-14(17)16(13)15/h3-10H,1-2H3. The van der Waals surface area contributed by atoms with Crippen LogP contribution in [-0.4, -0.2) is 14.1 Å². The summed E-state index contributed by atoms with van der Waals surface area (Å²) < 4.78 is 1.31. The molecule has 0 aliphatic heterocycles. The molecule has 0 spiro atoms. The third kappa shape index (κ3) is 1.75. The number of benzene rings is 3. The molecule has 0 aliphatic carbocycles. The molecular formula is C16H14IN. The van der Waals surface area contributed by atoms with Gasteiger partial charge in [0.25, 0.3) is 0 Å². The molecule has 90 valence electrons. The van der Waals surface area contributed by atoms with Crippen molar-refractivity contribution in [2.75, 3.05) is 19.0 Å². The normalized spacial score (nSPS) is 11.1. The summed E-state index contributed by atoms with van der Waals surface area (Å²) in [6.45, 7) is 0. The SMILES string of the molecule is CN(C)c1cc2ccccc2c2cccc(I)c12. The Bertz CT molecular complexity index is 732. The summed E-state index contributed by atoms with van der Waals surface area (Å²) in [6, 6.07) is 17.4. The molecule has 0 saturated carbocycles. The van der Waals surface area contributed by atoms with Crippen molar-refractivity contribution in [3.63, 3.8) is 0 Å². The second-order valence-corrected chi connectivity index (χ2v) is 5.84. The van der Waals surface area contributed by atoms with E-state index in [0.29, 0.717) is 0 Å². The maximum Gasteiger partial charge on any atom is 0.0457 e. The van der Waals surface area contributed by atoms with Gasteiger partial charge in [0.15, 0.2) is 0 Å². The van der Waals surface area contributed by atoms with E-state index in [-0.39, 0.29) is 0 Å². The zero-order valence-corrected chi connectivity index (χ0v) is 12.6. The molecule has 0 bridgehead atoms. The first-order valence-electron chi connectivity index (χ1n) is 5.96. The van der Waals surface area contributed by atoms with Crippen LogP contribution in [0.5, 0.6) is 0 Å². The van der Waals surface area contributed by atoms with Crippen molar-refractivity contribution >= 4 is 49.8 Å². The number of hydrogen-bond donors (Lipinski definition) is 0. The number of nitrogens with zero attached hydrogens (tertiary/aromatic N) is 1. The van der Waals surface area contributed by atoms with Crippen molar-refractivity contribution < 1.29 is 0 Å². The fourth-order valence-corrected chi connectivity index (χ4v) is 3.22. The lowest BCUT2D eigenvalue weighted by molar-refractivity contribution is 1.14. The predicted octanol–water partition coefficient (Wildman–Crippen LogP) is 4.66. The van der Waals surface area contributed by atoms with Crippen LogP contribution in [0.25, 0.3) is 21.5 Å². The maximum atomic E-state index is 2.42. The van der Waals surface area contributed by atoms with Gasteiger partial charge in [0, 0.05) is 28.7 Å². The lowest BCUT2D eigenvalue weighted by Gasteiger charge is -2.18. The van der Waals surface area contributed by atoms with Crippen molar-refractivity contribution in [3.8, 4) is 0 Å². The molecule has 0 unspecified atom stereocenters. The molecule has 0 saturated heterocycles. The number of anilines is 1. The average Bonchev–Trinajstić information content (AvgIpc) is 2.38. The molecule has 0 radical (unpaired) electrons. The van der Waals surface area contributed by atoms with Gasteiger partial charge in [-0.1, -0.05) is 36.4 Å². The Morgan fingerprint density at radius 2 is 1.61 bits per heavy atom. The summed E-state index contributed by atoms with van der Waals surface area (Å²) in [4.78, 5) is 2.19. The van der Waals surface area contributed by atoms with Crippen molar-refractivity contribution in [2.24, 2.45) is 0 Å². The molecule has 0 aliphatic rings. The Balaban J connectivity index is 2.59. The van der Waals surface area contributed by atoms with Gasteiger partial charge in [-0.3, -0.25) is 0 Å². The summed E-state index contributed by atoms with van der Waals surface area (Å²) in [5.41, 5.74) is 1.29. The van der Waals surface area contributed by atoms with Crippen molar-refractivity contribution in [2.45, 2.75) is 0 Å². The van der Waals surface area contributed by atoms with E-state index in [1.165, 1.54) is 30.8 Å². The quantitative estimate of drug-likeness (QED) is 0.457. The molecule has 1 nitrogen and oxygen atoms in total. The minimum absolute atomic E-state index is 1.29. The van der Waals surface area contributed by atoms with E-state index in [2.05, 4.69) is 90.1 Å². The molecule has 0 atom stereocenters. The van der Waals surface area contributed by atoms with E-state index >= 15 is 0 Å². The highest BCUT2D eigenvalue weighted by atomic mass is 127. The van der Waals surface area contributed by atoms with Crippen LogP contribution in [0.4, 0.5) is 5.69 Å². The minimum atomic E-state index is 1.29. The van der Waals surface area contributed by atoms with Crippen molar-refractivity contribution in [3.05, 3.63) is 52.1 Å². The lowest BCUT2D eigenvalue weighted by Crippen LogP contribution is -2.09. The van der Waals surface area contributed by atoms with Gasteiger partial charge < -0.3 is 4.90 Å². The number of hydrogen-bond acceptors (Lipinski definition) is 1. The smallest absolute Gasteiger partial charge is 0.0457 e. The molecule has 3 aromatic rings. The fraction of sp³-hybridized carbons (Fsp3) is 0.125. The van der Waals surface area contributed by atoms with Gasteiger partial charge in [-0.2, -0.15) is 0 Å². The maximum absolute atomic E-state index is 2.42. The number of halogens is 1. The third-order valence-corrected chi connectivity index (χ3v) is 4.19. The summed E-state index contributed by atoms with van der Waals surface area (Å²) in [6.07, 6.45) is 0. The summed E-state index contributed by atoms with van der Waals surface area (Å²) in [5.74, 6) is 0. The summed E-state index contributed by atoms with van der Waals surface area (Å²) >= 11 is 2.42. The van der Waals surface area contributed by atoms with Crippen LogP contribution in [0.3, 0.4) is 0 Å². The Morgan fingerprint density at radius 3 is 2.39 bits per heavy atom.